The summed E-state index contributed by atoms with van der Waals surface area (Å²) in [7, 11) is 0. The van der Waals surface area contributed by atoms with Crippen molar-refractivity contribution >= 4 is 22.7 Å². The topological polar surface area (TPSA) is 148 Å². The third-order valence-electron chi connectivity index (χ3n) is 5.23. The summed E-state index contributed by atoms with van der Waals surface area (Å²) in [4.78, 5) is 35.1. The van der Waals surface area contributed by atoms with Crippen LogP contribution in [0.2, 0.25) is 0 Å². The normalized spacial score (nSPS) is 12.0. The van der Waals surface area contributed by atoms with Crippen molar-refractivity contribution < 1.29 is 0 Å². The lowest BCUT2D eigenvalue weighted by Gasteiger charge is -2.23. The maximum atomic E-state index is 13.7. The highest BCUT2D eigenvalue weighted by Gasteiger charge is 2.22. The van der Waals surface area contributed by atoms with Crippen LogP contribution in [0.25, 0.3) is 22.0 Å². The van der Waals surface area contributed by atoms with E-state index in [0.29, 0.717) is 22.6 Å². The number of nitrogens with zero attached hydrogens (tertiary/aromatic N) is 7. The fourth-order valence-electron chi connectivity index (χ4n) is 3.69. The number of benzene rings is 1. The van der Waals surface area contributed by atoms with Crippen LogP contribution in [0.4, 0.5) is 11.8 Å². The number of anilines is 2. The maximum Gasteiger partial charge on any atom is 0.262 e. The Labute approximate surface area is 190 Å². The van der Waals surface area contributed by atoms with Crippen LogP contribution in [0.5, 0.6) is 0 Å². The molecule has 4 rings (SSSR count). The summed E-state index contributed by atoms with van der Waals surface area (Å²) in [5.41, 5.74) is 7.81. The van der Waals surface area contributed by atoms with E-state index < -0.39 is 6.04 Å². The molecule has 3 N–H and O–H groups in total. The highest BCUT2D eigenvalue weighted by atomic mass is 16.1. The Morgan fingerprint density at radius 1 is 1.09 bits per heavy atom. The molecule has 0 amide bonds. The molecule has 4 aromatic rings. The number of nitriles is 1. The first-order valence-corrected chi connectivity index (χ1v) is 10.4. The van der Waals surface area contributed by atoms with Gasteiger partial charge in [-0.2, -0.15) is 10.2 Å². The summed E-state index contributed by atoms with van der Waals surface area (Å²) >= 11 is 0. The molecule has 3 heterocycles. The average molecular weight is 441 g/mol. The van der Waals surface area contributed by atoms with E-state index in [9.17, 15) is 10.1 Å². The number of rotatable bonds is 5. The lowest BCUT2D eigenvalue weighted by Crippen LogP contribution is -2.30. The average Bonchev–Trinajstić information content (AvgIpc) is 2.79. The molecule has 0 spiro atoms. The fraction of sp³-hybridized carbons (Fsp3) is 0.261. The van der Waals surface area contributed by atoms with E-state index in [-0.39, 0.29) is 28.9 Å². The van der Waals surface area contributed by atoms with Gasteiger partial charge in [-0.3, -0.25) is 9.36 Å². The second kappa shape index (κ2) is 8.63. The summed E-state index contributed by atoms with van der Waals surface area (Å²) in [6, 6.07) is 6.96. The van der Waals surface area contributed by atoms with Gasteiger partial charge >= 0.3 is 0 Å². The zero-order valence-electron chi connectivity index (χ0n) is 18.7. The van der Waals surface area contributed by atoms with Gasteiger partial charge in [0.25, 0.3) is 5.56 Å². The molecule has 1 atom stereocenters. The smallest absolute Gasteiger partial charge is 0.262 e. The molecule has 0 aliphatic rings. The minimum absolute atomic E-state index is 0.0429. The van der Waals surface area contributed by atoms with Crippen LogP contribution in [0.3, 0.4) is 0 Å². The van der Waals surface area contributed by atoms with Crippen LogP contribution in [-0.4, -0.2) is 29.5 Å². The van der Waals surface area contributed by atoms with E-state index in [0.717, 1.165) is 11.1 Å². The van der Waals surface area contributed by atoms with Crippen molar-refractivity contribution in [2.75, 3.05) is 11.1 Å². The summed E-state index contributed by atoms with van der Waals surface area (Å²) < 4.78 is 1.65. The Hall–Kier alpha value is -4.39. The molecular formula is C23H23N9O. The maximum absolute atomic E-state index is 13.7. The molecule has 1 aromatic carbocycles. The van der Waals surface area contributed by atoms with E-state index in [4.69, 9.17) is 10.7 Å². The van der Waals surface area contributed by atoms with Gasteiger partial charge in [-0.25, -0.2) is 19.9 Å². The van der Waals surface area contributed by atoms with Crippen molar-refractivity contribution in [1.82, 2.24) is 29.5 Å². The van der Waals surface area contributed by atoms with Crippen molar-refractivity contribution in [3.63, 3.8) is 0 Å². The van der Waals surface area contributed by atoms with Crippen molar-refractivity contribution in [1.29, 1.82) is 5.26 Å². The minimum Gasteiger partial charge on any atom is -0.368 e. The Morgan fingerprint density at radius 2 is 1.82 bits per heavy atom. The third-order valence-corrected chi connectivity index (χ3v) is 5.23. The van der Waals surface area contributed by atoms with Gasteiger partial charge in [0.1, 0.15) is 29.1 Å². The number of nitrogen functional groups attached to an aromatic ring is 1. The molecule has 0 bridgehead atoms. The van der Waals surface area contributed by atoms with Gasteiger partial charge in [0.15, 0.2) is 0 Å². The lowest BCUT2D eigenvalue weighted by atomic mass is 10.0. The second-order valence-corrected chi connectivity index (χ2v) is 7.93. The second-order valence-electron chi connectivity index (χ2n) is 7.93. The quantitative estimate of drug-likeness (QED) is 0.476. The van der Waals surface area contributed by atoms with Crippen LogP contribution in [0.15, 0.2) is 41.6 Å². The molecule has 0 aliphatic heterocycles. The Bertz CT molecular complexity index is 1440. The summed E-state index contributed by atoms with van der Waals surface area (Å²) in [5.74, 6) is 1.50. The minimum atomic E-state index is -0.447. The molecule has 0 saturated carbocycles. The predicted octanol–water partition coefficient (Wildman–Crippen LogP) is 3.16. The standard InChI is InChI=1S/C23H23N9O/c1-12(2)32-21(13(3)29-20-15(8-24)9-28-23(25)31-20)30-18-7-5-6-17(19(18)22(32)33)16-10-26-14(4)27-11-16/h5-7,9-13H,1-4H3,(H3,25,28,29,31). The first-order valence-electron chi connectivity index (χ1n) is 10.4. The Morgan fingerprint density at radius 3 is 2.48 bits per heavy atom. The highest BCUT2D eigenvalue weighted by Crippen LogP contribution is 2.28. The first-order chi connectivity index (χ1) is 15.8. The zero-order chi connectivity index (χ0) is 23.7. The number of nitrogens with two attached hydrogens (primary N) is 1. The monoisotopic (exact) mass is 441 g/mol. The van der Waals surface area contributed by atoms with Gasteiger partial charge in [-0.15, -0.1) is 0 Å². The van der Waals surface area contributed by atoms with Crippen molar-refractivity contribution in [3.05, 3.63) is 64.4 Å². The summed E-state index contributed by atoms with van der Waals surface area (Å²) in [6.45, 7) is 7.51. The largest absolute Gasteiger partial charge is 0.368 e. The molecule has 166 valence electrons. The number of aromatic nitrogens is 6. The first kappa shape index (κ1) is 21.8. The highest BCUT2D eigenvalue weighted by molar-refractivity contribution is 5.93. The molecular weight excluding hydrogens is 418 g/mol. The number of fused-ring (bicyclic) bond motifs is 1. The van der Waals surface area contributed by atoms with Gasteiger partial charge in [0, 0.05) is 24.0 Å². The SMILES string of the molecule is Cc1ncc(-c2cccc3nc(C(C)Nc4nc(N)ncc4C#N)n(C(C)C)c(=O)c23)cn1. The fourth-order valence-corrected chi connectivity index (χ4v) is 3.69. The molecule has 10 heteroatoms. The molecule has 0 aliphatic carbocycles. The molecule has 33 heavy (non-hydrogen) atoms. The number of hydrogen-bond donors (Lipinski definition) is 2. The van der Waals surface area contributed by atoms with Gasteiger partial charge in [0.2, 0.25) is 5.95 Å². The van der Waals surface area contributed by atoms with Gasteiger partial charge < -0.3 is 11.1 Å². The van der Waals surface area contributed by atoms with Crippen LogP contribution < -0.4 is 16.6 Å². The van der Waals surface area contributed by atoms with Crippen molar-refractivity contribution in [3.8, 4) is 17.2 Å². The van der Waals surface area contributed by atoms with E-state index >= 15 is 0 Å². The van der Waals surface area contributed by atoms with Crippen molar-refractivity contribution in [2.45, 2.75) is 39.8 Å². The van der Waals surface area contributed by atoms with Crippen molar-refractivity contribution in [2.24, 2.45) is 0 Å². The van der Waals surface area contributed by atoms with Crippen LogP contribution in [0.1, 0.15) is 50.1 Å². The lowest BCUT2D eigenvalue weighted by molar-refractivity contribution is 0.525. The zero-order valence-corrected chi connectivity index (χ0v) is 18.7. The molecule has 0 fully saturated rings. The molecule has 1 unspecified atom stereocenters. The van der Waals surface area contributed by atoms with Crippen LogP contribution >= 0.6 is 0 Å². The Kier molecular flexibility index (Phi) is 5.70. The summed E-state index contributed by atoms with van der Waals surface area (Å²) in [5, 5.41) is 13.0. The van der Waals surface area contributed by atoms with E-state index in [2.05, 4.69) is 25.3 Å². The van der Waals surface area contributed by atoms with Gasteiger partial charge in [-0.1, -0.05) is 12.1 Å². The van der Waals surface area contributed by atoms with Gasteiger partial charge in [-0.05, 0) is 39.3 Å². The number of hydrogen-bond acceptors (Lipinski definition) is 9. The van der Waals surface area contributed by atoms with Crippen LogP contribution in [-0.2, 0) is 0 Å². The van der Waals surface area contributed by atoms with E-state index in [1.807, 2.05) is 45.9 Å². The third kappa shape index (κ3) is 4.08. The molecule has 0 radical (unpaired) electrons. The molecule has 0 saturated heterocycles. The molecule has 10 nitrogen and oxygen atoms in total. The van der Waals surface area contributed by atoms with Crippen LogP contribution in [0, 0.1) is 18.3 Å². The Balaban J connectivity index is 1.89. The van der Waals surface area contributed by atoms with E-state index in [1.54, 1.807) is 23.0 Å². The summed E-state index contributed by atoms with van der Waals surface area (Å²) in [6.07, 6.45) is 4.77. The van der Waals surface area contributed by atoms with Gasteiger partial charge in [0.05, 0.1) is 23.1 Å². The number of nitrogens with one attached hydrogen (secondary N) is 1. The van der Waals surface area contributed by atoms with E-state index in [1.165, 1.54) is 6.20 Å². The number of aryl methyl sites for hydroxylation is 1. The molecule has 3 aromatic heterocycles. The predicted molar refractivity (Wildman–Crippen MR) is 125 cm³/mol.